The highest BCUT2D eigenvalue weighted by Crippen LogP contribution is 2.33. The fraction of sp³-hybridized carbons (Fsp3) is 0.143. The molecule has 0 saturated heterocycles. The summed E-state index contributed by atoms with van der Waals surface area (Å²) >= 11 is 7.79. The number of halogens is 1. The first-order valence-corrected chi connectivity index (χ1v) is 7.50. The Labute approximate surface area is 130 Å². The number of ether oxygens (including phenoxy) is 1. The average Bonchev–Trinajstić information content (AvgIpc) is 2.98. The van der Waals surface area contributed by atoms with E-state index in [1.165, 1.54) is 0 Å². The van der Waals surface area contributed by atoms with Gasteiger partial charge in [0.1, 0.15) is 16.4 Å². The Morgan fingerprint density at radius 3 is 2.86 bits per heavy atom. The van der Waals surface area contributed by atoms with Crippen LogP contribution >= 0.6 is 22.9 Å². The van der Waals surface area contributed by atoms with Gasteiger partial charge in [0.2, 0.25) is 5.95 Å². The summed E-state index contributed by atoms with van der Waals surface area (Å²) in [6, 6.07) is 7.41. The highest BCUT2D eigenvalue weighted by atomic mass is 35.5. The van der Waals surface area contributed by atoms with E-state index < -0.39 is 0 Å². The van der Waals surface area contributed by atoms with E-state index in [-0.39, 0.29) is 0 Å². The van der Waals surface area contributed by atoms with Crippen LogP contribution in [0.5, 0.6) is 5.75 Å². The molecule has 0 radical (unpaired) electrons. The molecule has 0 spiro atoms. The third-order valence-electron chi connectivity index (χ3n) is 2.98. The number of anilines is 3. The average molecular weight is 321 g/mol. The van der Waals surface area contributed by atoms with Crippen molar-refractivity contribution in [1.29, 1.82) is 0 Å². The summed E-state index contributed by atoms with van der Waals surface area (Å²) < 4.78 is 5.22. The third-order valence-corrected chi connectivity index (χ3v) is 4.11. The molecule has 0 unspecified atom stereocenters. The van der Waals surface area contributed by atoms with E-state index in [4.69, 9.17) is 16.3 Å². The molecule has 21 heavy (non-hydrogen) atoms. The van der Waals surface area contributed by atoms with Crippen LogP contribution in [0.1, 0.15) is 0 Å². The van der Waals surface area contributed by atoms with Gasteiger partial charge >= 0.3 is 0 Å². The number of thiophene rings is 1. The van der Waals surface area contributed by atoms with Gasteiger partial charge in [-0.1, -0.05) is 11.6 Å². The first kappa shape index (κ1) is 13.9. The summed E-state index contributed by atoms with van der Waals surface area (Å²) in [6.45, 7) is 0. The molecule has 108 valence electrons. The summed E-state index contributed by atoms with van der Waals surface area (Å²) in [6.07, 6.45) is 0. The summed E-state index contributed by atoms with van der Waals surface area (Å²) in [7, 11) is 3.41. The predicted molar refractivity (Wildman–Crippen MR) is 88.2 cm³/mol. The number of nitrogens with one attached hydrogen (secondary N) is 2. The maximum absolute atomic E-state index is 6.23. The minimum absolute atomic E-state index is 0.562. The highest BCUT2D eigenvalue weighted by Gasteiger charge is 2.10. The molecular weight excluding hydrogens is 308 g/mol. The molecule has 5 nitrogen and oxygen atoms in total. The van der Waals surface area contributed by atoms with Gasteiger partial charge in [-0.15, -0.1) is 11.3 Å². The van der Waals surface area contributed by atoms with Crippen molar-refractivity contribution in [3.8, 4) is 5.75 Å². The van der Waals surface area contributed by atoms with Crippen LogP contribution in [0.2, 0.25) is 5.02 Å². The molecule has 0 fully saturated rings. The Morgan fingerprint density at radius 2 is 2.10 bits per heavy atom. The van der Waals surface area contributed by atoms with Crippen LogP contribution in [-0.4, -0.2) is 24.1 Å². The number of benzene rings is 1. The van der Waals surface area contributed by atoms with Crippen LogP contribution in [-0.2, 0) is 0 Å². The minimum Gasteiger partial charge on any atom is -0.497 e. The quantitative estimate of drug-likeness (QED) is 0.756. The van der Waals surface area contributed by atoms with Crippen molar-refractivity contribution in [1.82, 2.24) is 9.97 Å². The van der Waals surface area contributed by atoms with Crippen LogP contribution in [0.3, 0.4) is 0 Å². The monoisotopic (exact) mass is 320 g/mol. The normalized spacial score (nSPS) is 10.6. The van der Waals surface area contributed by atoms with E-state index in [0.717, 1.165) is 21.7 Å². The fourth-order valence-electron chi connectivity index (χ4n) is 1.92. The second-order valence-corrected chi connectivity index (χ2v) is 5.56. The van der Waals surface area contributed by atoms with Crippen LogP contribution in [0.25, 0.3) is 10.2 Å². The fourth-order valence-corrected chi connectivity index (χ4v) is 2.85. The molecule has 0 aliphatic carbocycles. The van der Waals surface area contributed by atoms with Gasteiger partial charge in [0.25, 0.3) is 0 Å². The molecule has 7 heteroatoms. The van der Waals surface area contributed by atoms with Crippen molar-refractivity contribution in [2.24, 2.45) is 0 Å². The van der Waals surface area contributed by atoms with Gasteiger partial charge < -0.3 is 15.4 Å². The van der Waals surface area contributed by atoms with Gasteiger partial charge in [-0.25, -0.2) is 4.98 Å². The Hall–Kier alpha value is -2.05. The second kappa shape index (κ2) is 5.75. The lowest BCUT2D eigenvalue weighted by Gasteiger charge is -2.11. The van der Waals surface area contributed by atoms with E-state index in [2.05, 4.69) is 20.6 Å². The van der Waals surface area contributed by atoms with E-state index in [0.29, 0.717) is 16.8 Å². The van der Waals surface area contributed by atoms with Crippen molar-refractivity contribution in [3.05, 3.63) is 34.7 Å². The van der Waals surface area contributed by atoms with Crippen LogP contribution in [0.15, 0.2) is 29.6 Å². The maximum atomic E-state index is 6.23. The Bertz CT molecular complexity index is 790. The molecule has 2 N–H and O–H groups in total. The lowest BCUT2D eigenvalue weighted by atomic mass is 10.3. The van der Waals surface area contributed by atoms with Crippen LogP contribution in [0.4, 0.5) is 17.5 Å². The first-order valence-electron chi connectivity index (χ1n) is 6.25. The number of fused-ring (bicyclic) bond motifs is 1. The smallest absolute Gasteiger partial charge is 0.225 e. The predicted octanol–water partition coefficient (Wildman–Crippen LogP) is 4.14. The number of hydrogen-bond acceptors (Lipinski definition) is 6. The van der Waals surface area contributed by atoms with E-state index in [1.807, 2.05) is 23.6 Å². The zero-order chi connectivity index (χ0) is 14.8. The first-order chi connectivity index (χ1) is 10.2. The van der Waals surface area contributed by atoms with E-state index in [1.54, 1.807) is 31.6 Å². The third kappa shape index (κ3) is 2.72. The zero-order valence-corrected chi connectivity index (χ0v) is 13.0. The number of aromatic nitrogens is 2. The van der Waals surface area contributed by atoms with Crippen molar-refractivity contribution in [3.63, 3.8) is 0 Å². The minimum atomic E-state index is 0.562. The lowest BCUT2D eigenvalue weighted by Crippen LogP contribution is -2.01. The van der Waals surface area contributed by atoms with Gasteiger partial charge in [0.15, 0.2) is 0 Å². The lowest BCUT2D eigenvalue weighted by molar-refractivity contribution is 0.415. The molecule has 2 heterocycles. The number of nitrogens with zero attached hydrogens (tertiary/aromatic N) is 2. The zero-order valence-electron chi connectivity index (χ0n) is 11.5. The number of rotatable bonds is 4. The Morgan fingerprint density at radius 1 is 1.24 bits per heavy atom. The number of methoxy groups -OCH3 is 1. The maximum Gasteiger partial charge on any atom is 0.225 e. The second-order valence-electron chi connectivity index (χ2n) is 4.26. The molecule has 3 aromatic rings. The highest BCUT2D eigenvalue weighted by molar-refractivity contribution is 7.16. The van der Waals surface area contributed by atoms with Crippen molar-refractivity contribution >= 4 is 50.6 Å². The summed E-state index contributed by atoms with van der Waals surface area (Å²) in [5.41, 5.74) is 0.740. The summed E-state index contributed by atoms with van der Waals surface area (Å²) in [4.78, 5) is 9.78. The Balaban J connectivity index is 2.07. The molecule has 0 atom stereocenters. The molecule has 0 bridgehead atoms. The van der Waals surface area contributed by atoms with Gasteiger partial charge in [0.05, 0.1) is 23.2 Å². The van der Waals surface area contributed by atoms with Crippen molar-refractivity contribution in [2.45, 2.75) is 0 Å². The molecule has 2 aromatic heterocycles. The van der Waals surface area contributed by atoms with Crippen LogP contribution in [0, 0.1) is 0 Å². The number of hydrogen-bond donors (Lipinski definition) is 2. The largest absolute Gasteiger partial charge is 0.497 e. The van der Waals surface area contributed by atoms with Crippen LogP contribution < -0.4 is 15.4 Å². The molecule has 0 aliphatic rings. The summed E-state index contributed by atoms with van der Waals surface area (Å²) in [5, 5.41) is 9.75. The SMILES string of the molecule is CNc1nc(Nc2cc(OC)ccc2Cl)c2ccsc2n1. The van der Waals surface area contributed by atoms with E-state index >= 15 is 0 Å². The standard InChI is InChI=1S/C14H13ClN4OS/c1-16-14-18-12(9-5-6-21-13(9)19-14)17-11-7-8(20-2)3-4-10(11)15/h3-7H,1-2H3,(H2,16,17,18,19). The topological polar surface area (TPSA) is 59.1 Å². The molecule has 0 amide bonds. The Kier molecular flexibility index (Phi) is 3.81. The molecular formula is C14H13ClN4OS. The van der Waals surface area contributed by atoms with E-state index in [9.17, 15) is 0 Å². The summed E-state index contributed by atoms with van der Waals surface area (Å²) in [5.74, 6) is 2.00. The van der Waals surface area contributed by atoms with Gasteiger partial charge in [-0.05, 0) is 23.6 Å². The van der Waals surface area contributed by atoms with Crippen molar-refractivity contribution < 1.29 is 4.74 Å². The molecule has 0 aliphatic heterocycles. The van der Waals surface area contributed by atoms with Gasteiger partial charge in [-0.3, -0.25) is 0 Å². The molecule has 1 aromatic carbocycles. The molecule has 0 saturated carbocycles. The molecule has 3 rings (SSSR count). The van der Waals surface area contributed by atoms with Gasteiger partial charge in [0, 0.05) is 13.1 Å². The van der Waals surface area contributed by atoms with Gasteiger partial charge in [-0.2, -0.15) is 4.98 Å². The van der Waals surface area contributed by atoms with Crippen molar-refractivity contribution in [2.75, 3.05) is 24.8 Å².